The van der Waals surface area contributed by atoms with Crippen molar-refractivity contribution in [3.05, 3.63) is 0 Å². The lowest BCUT2D eigenvalue weighted by Gasteiger charge is -2.12. The molecule has 2 aliphatic heterocycles. The van der Waals surface area contributed by atoms with Crippen molar-refractivity contribution in [3.8, 4) is 0 Å². The summed E-state index contributed by atoms with van der Waals surface area (Å²) in [6, 6.07) is 0. The molecule has 2 rings (SSSR count). The summed E-state index contributed by atoms with van der Waals surface area (Å²) in [6.45, 7) is 2.11. The van der Waals surface area contributed by atoms with E-state index in [-0.39, 0.29) is 6.10 Å². The first-order chi connectivity index (χ1) is 5.35. The molecule has 0 aliphatic carbocycles. The third-order valence-corrected chi connectivity index (χ3v) is 3.92. The average molecular weight is 177 g/mol. The second-order valence-corrected chi connectivity index (χ2v) is 4.59. The van der Waals surface area contributed by atoms with E-state index in [0.717, 1.165) is 0 Å². The van der Waals surface area contributed by atoms with Crippen molar-refractivity contribution in [2.24, 2.45) is 5.73 Å². The predicted molar refractivity (Wildman–Crippen MR) is 37.5 cm³/mol. The lowest BCUT2D eigenvalue weighted by atomic mass is 10.4. The molecule has 0 amide bonds. The van der Waals surface area contributed by atoms with E-state index >= 15 is 0 Å². The molecule has 0 saturated carbocycles. The Morgan fingerprint density at radius 1 is 1.27 bits per heavy atom. The summed E-state index contributed by atoms with van der Waals surface area (Å²) < 4.78 is 21.2. The molecule has 1 atom stereocenters. The van der Waals surface area contributed by atoms with Gasteiger partial charge in [-0.1, -0.05) is 0 Å². The standard InChI is InChI=1S/C5H11NO4Si/c6-3-5-4-9-11(10-5)7-1-2-8-11/h5H,1-4,6H2. The Morgan fingerprint density at radius 3 is 2.55 bits per heavy atom. The van der Waals surface area contributed by atoms with Gasteiger partial charge < -0.3 is 23.4 Å². The number of rotatable bonds is 1. The Balaban J connectivity index is 1.96. The quantitative estimate of drug-likeness (QED) is 0.512. The summed E-state index contributed by atoms with van der Waals surface area (Å²) in [4.78, 5) is 0. The molecule has 2 saturated heterocycles. The van der Waals surface area contributed by atoms with Gasteiger partial charge in [-0.15, -0.1) is 0 Å². The molecule has 2 aliphatic rings. The van der Waals surface area contributed by atoms with E-state index in [1.165, 1.54) is 0 Å². The summed E-state index contributed by atoms with van der Waals surface area (Å²) in [5.74, 6) is 0. The van der Waals surface area contributed by atoms with Gasteiger partial charge in [-0.2, -0.15) is 0 Å². The molecule has 64 valence electrons. The molecule has 1 spiro atoms. The van der Waals surface area contributed by atoms with Crippen molar-refractivity contribution in [1.82, 2.24) is 0 Å². The fourth-order valence-corrected chi connectivity index (χ4v) is 3.19. The minimum atomic E-state index is -2.63. The van der Waals surface area contributed by atoms with Crippen LogP contribution < -0.4 is 5.73 Å². The maximum absolute atomic E-state index is 5.41. The highest BCUT2D eigenvalue weighted by molar-refractivity contribution is 6.54. The maximum atomic E-state index is 5.41. The SMILES string of the molecule is NCC1CO[Si]2(OCCO2)O1. The zero-order chi connectivity index (χ0) is 7.73. The van der Waals surface area contributed by atoms with Crippen LogP contribution in [0.25, 0.3) is 0 Å². The number of hydrogen-bond acceptors (Lipinski definition) is 5. The van der Waals surface area contributed by atoms with Crippen LogP contribution in [0, 0.1) is 0 Å². The summed E-state index contributed by atoms with van der Waals surface area (Å²) in [6.07, 6.45) is -0.0419. The van der Waals surface area contributed by atoms with Crippen molar-refractivity contribution >= 4 is 9.05 Å². The molecule has 2 N–H and O–H groups in total. The molecule has 11 heavy (non-hydrogen) atoms. The molecule has 0 aromatic rings. The lowest BCUT2D eigenvalue weighted by Crippen LogP contribution is -2.40. The predicted octanol–water partition coefficient (Wildman–Crippen LogP) is -1.16. The zero-order valence-corrected chi connectivity index (χ0v) is 7.12. The van der Waals surface area contributed by atoms with Crippen LogP contribution in [-0.4, -0.2) is 41.5 Å². The molecule has 0 radical (unpaired) electrons. The molecule has 0 aromatic heterocycles. The van der Waals surface area contributed by atoms with Crippen LogP contribution in [0.2, 0.25) is 0 Å². The highest BCUT2D eigenvalue weighted by Crippen LogP contribution is 2.24. The first kappa shape index (κ1) is 7.65. The first-order valence-corrected chi connectivity index (χ1v) is 5.28. The summed E-state index contributed by atoms with van der Waals surface area (Å²) in [5.41, 5.74) is 5.39. The summed E-state index contributed by atoms with van der Waals surface area (Å²) >= 11 is 0. The van der Waals surface area contributed by atoms with E-state index in [4.69, 9.17) is 23.4 Å². The van der Waals surface area contributed by atoms with Gasteiger partial charge >= 0.3 is 9.05 Å². The van der Waals surface area contributed by atoms with Crippen molar-refractivity contribution in [1.29, 1.82) is 0 Å². The summed E-state index contributed by atoms with van der Waals surface area (Å²) in [5, 5.41) is 0. The van der Waals surface area contributed by atoms with Crippen LogP contribution in [0.4, 0.5) is 0 Å². The largest absolute Gasteiger partial charge is 0.680 e. The van der Waals surface area contributed by atoms with Crippen LogP contribution in [0.3, 0.4) is 0 Å². The van der Waals surface area contributed by atoms with Gasteiger partial charge in [-0.25, -0.2) is 0 Å². The van der Waals surface area contributed by atoms with E-state index in [1.807, 2.05) is 0 Å². The molecular weight excluding hydrogens is 166 g/mol. The monoisotopic (exact) mass is 177 g/mol. The van der Waals surface area contributed by atoms with E-state index in [2.05, 4.69) is 0 Å². The minimum Gasteiger partial charge on any atom is -0.349 e. The Labute approximate surface area is 65.9 Å². The third-order valence-electron chi connectivity index (χ3n) is 1.66. The molecule has 0 aromatic carbocycles. The lowest BCUT2D eigenvalue weighted by molar-refractivity contribution is 0.0916. The molecule has 2 fully saturated rings. The normalized spacial score (nSPS) is 35.2. The smallest absolute Gasteiger partial charge is 0.349 e. The van der Waals surface area contributed by atoms with Gasteiger partial charge in [0, 0.05) is 6.54 Å². The first-order valence-electron chi connectivity index (χ1n) is 3.64. The highest BCUT2D eigenvalue weighted by Gasteiger charge is 2.55. The Bertz CT molecular complexity index is 149. The van der Waals surface area contributed by atoms with Crippen molar-refractivity contribution in [2.75, 3.05) is 26.4 Å². The third kappa shape index (κ3) is 1.33. The van der Waals surface area contributed by atoms with Gasteiger partial charge in [0.05, 0.1) is 25.9 Å². The van der Waals surface area contributed by atoms with Crippen LogP contribution in [0.5, 0.6) is 0 Å². The molecule has 6 heteroatoms. The van der Waals surface area contributed by atoms with E-state index < -0.39 is 9.05 Å². The zero-order valence-electron chi connectivity index (χ0n) is 6.12. The van der Waals surface area contributed by atoms with Crippen LogP contribution in [0.15, 0.2) is 0 Å². The molecule has 5 nitrogen and oxygen atoms in total. The van der Waals surface area contributed by atoms with E-state index in [1.54, 1.807) is 0 Å². The second kappa shape index (κ2) is 2.81. The molecular formula is C5H11NO4Si. The fourth-order valence-electron chi connectivity index (χ4n) is 1.11. The molecule has 1 unspecified atom stereocenters. The van der Waals surface area contributed by atoms with Gasteiger partial charge in [0.25, 0.3) is 0 Å². The topological polar surface area (TPSA) is 62.9 Å². The van der Waals surface area contributed by atoms with Gasteiger partial charge in [-0.05, 0) is 0 Å². The van der Waals surface area contributed by atoms with Crippen molar-refractivity contribution in [2.45, 2.75) is 6.10 Å². The Morgan fingerprint density at radius 2 is 2.00 bits per heavy atom. The van der Waals surface area contributed by atoms with Crippen molar-refractivity contribution in [3.63, 3.8) is 0 Å². The minimum absolute atomic E-state index is 0.0419. The molecule has 0 bridgehead atoms. The number of nitrogens with two attached hydrogens (primary N) is 1. The maximum Gasteiger partial charge on any atom is 0.680 e. The fraction of sp³-hybridized carbons (Fsp3) is 1.00. The average Bonchev–Trinajstić information content (AvgIpc) is 2.62. The summed E-state index contributed by atoms with van der Waals surface area (Å²) in [7, 11) is -2.63. The van der Waals surface area contributed by atoms with E-state index in [0.29, 0.717) is 26.4 Å². The second-order valence-electron chi connectivity index (χ2n) is 2.48. The molecule has 2 heterocycles. The highest BCUT2D eigenvalue weighted by atomic mass is 28.4. The van der Waals surface area contributed by atoms with Gasteiger partial charge in [-0.3, -0.25) is 0 Å². The van der Waals surface area contributed by atoms with Crippen LogP contribution in [0.1, 0.15) is 0 Å². The van der Waals surface area contributed by atoms with E-state index in [9.17, 15) is 0 Å². The van der Waals surface area contributed by atoms with Gasteiger partial charge in [0.2, 0.25) is 0 Å². The number of hydrogen-bond donors (Lipinski definition) is 1. The van der Waals surface area contributed by atoms with Crippen molar-refractivity contribution < 1.29 is 17.7 Å². The van der Waals surface area contributed by atoms with Gasteiger partial charge in [0.15, 0.2) is 0 Å². The van der Waals surface area contributed by atoms with Crippen LogP contribution >= 0.6 is 0 Å². The Hall–Kier alpha value is 0.0169. The van der Waals surface area contributed by atoms with Crippen LogP contribution in [-0.2, 0) is 17.7 Å². The Kier molecular flexibility index (Phi) is 1.96. The van der Waals surface area contributed by atoms with Gasteiger partial charge in [0.1, 0.15) is 0 Å².